The van der Waals surface area contributed by atoms with E-state index >= 15 is 0 Å². The zero-order valence-corrected chi connectivity index (χ0v) is 20.0. The number of rotatable bonds is 11. The lowest BCUT2D eigenvalue weighted by atomic mass is 9.88. The lowest BCUT2D eigenvalue weighted by Gasteiger charge is -2.18. The molecule has 0 heterocycles. The summed E-state index contributed by atoms with van der Waals surface area (Å²) < 4.78 is 13.5. The lowest BCUT2D eigenvalue weighted by molar-refractivity contribution is 0.515. The molecule has 3 heteroatoms. The highest BCUT2D eigenvalue weighted by Crippen LogP contribution is 2.26. The summed E-state index contributed by atoms with van der Waals surface area (Å²) in [6.45, 7) is 20.4. The highest BCUT2D eigenvalue weighted by atomic mass is 19.1. The molecule has 0 N–H and O–H groups in total. The third-order valence-corrected chi connectivity index (χ3v) is 5.22. The Morgan fingerprint density at radius 3 is 2.26 bits per heavy atom. The van der Waals surface area contributed by atoms with E-state index in [9.17, 15) is 9.65 Å². The molecule has 2 unspecified atom stereocenters. The van der Waals surface area contributed by atoms with Gasteiger partial charge in [-0.1, -0.05) is 64.1 Å². The molecule has 0 aliphatic rings. The summed E-state index contributed by atoms with van der Waals surface area (Å²) in [6.07, 6.45) is 6.54. The van der Waals surface area contributed by atoms with Gasteiger partial charge in [-0.25, -0.2) is 4.39 Å². The van der Waals surface area contributed by atoms with Crippen LogP contribution in [0, 0.1) is 34.9 Å². The van der Waals surface area contributed by atoms with E-state index in [1.807, 2.05) is 20.8 Å². The number of aliphatic imine (C=N–C) groups is 1. The van der Waals surface area contributed by atoms with Gasteiger partial charge in [-0.05, 0) is 73.8 Å². The van der Waals surface area contributed by atoms with Crippen LogP contribution in [0.5, 0.6) is 0 Å². The third kappa shape index (κ3) is 8.89. The summed E-state index contributed by atoms with van der Waals surface area (Å²) in [5.41, 5.74) is 5.86. The maximum atomic E-state index is 13.5. The van der Waals surface area contributed by atoms with Crippen molar-refractivity contribution in [1.82, 2.24) is 0 Å². The van der Waals surface area contributed by atoms with Crippen LogP contribution in [0.1, 0.15) is 66.4 Å². The minimum Gasteiger partial charge on any atom is -0.258 e. The normalized spacial score (nSPS) is 14.9. The van der Waals surface area contributed by atoms with Crippen LogP contribution in [-0.2, 0) is 0 Å². The minimum absolute atomic E-state index is 0.0409. The Labute approximate surface area is 188 Å². The maximum absolute atomic E-state index is 13.5. The summed E-state index contributed by atoms with van der Waals surface area (Å²) in [6, 6.07) is 8.96. The van der Waals surface area contributed by atoms with Crippen LogP contribution < -0.4 is 0 Å². The molecule has 0 amide bonds. The van der Waals surface area contributed by atoms with Crippen LogP contribution in [0.4, 0.5) is 4.39 Å². The first-order chi connectivity index (χ1) is 14.6. The van der Waals surface area contributed by atoms with Crippen LogP contribution >= 0.6 is 0 Å². The number of allylic oxidation sites excluding steroid dienone is 6. The van der Waals surface area contributed by atoms with E-state index in [4.69, 9.17) is 4.99 Å². The molecule has 0 aromatic heterocycles. The zero-order chi connectivity index (χ0) is 23.6. The van der Waals surface area contributed by atoms with Gasteiger partial charge in [0, 0.05) is 5.70 Å². The second kappa shape index (κ2) is 12.8. The predicted molar refractivity (Wildman–Crippen MR) is 132 cm³/mol. The van der Waals surface area contributed by atoms with Gasteiger partial charge in [-0.3, -0.25) is 4.99 Å². The number of hydrogen-bond donors (Lipinski definition) is 0. The first-order valence-electron chi connectivity index (χ1n) is 11.0. The van der Waals surface area contributed by atoms with E-state index in [0.717, 1.165) is 53.0 Å². The summed E-state index contributed by atoms with van der Waals surface area (Å²) >= 11 is 0. The number of nitriles is 1. The van der Waals surface area contributed by atoms with Gasteiger partial charge in [0.25, 0.3) is 0 Å². The number of hydrogen-bond acceptors (Lipinski definition) is 2. The van der Waals surface area contributed by atoms with Gasteiger partial charge < -0.3 is 0 Å². The summed E-state index contributed by atoms with van der Waals surface area (Å²) in [5.74, 6) is 0.132. The van der Waals surface area contributed by atoms with Gasteiger partial charge in [-0.15, -0.1) is 6.58 Å². The van der Waals surface area contributed by atoms with E-state index in [1.54, 1.807) is 12.1 Å². The molecule has 0 aliphatic carbocycles. The van der Waals surface area contributed by atoms with Crippen molar-refractivity contribution in [3.63, 3.8) is 0 Å². The van der Waals surface area contributed by atoms with Crippen LogP contribution in [0.15, 0.2) is 71.4 Å². The Morgan fingerprint density at radius 2 is 1.77 bits per heavy atom. The molecular weight excluding hydrogens is 383 g/mol. The van der Waals surface area contributed by atoms with Gasteiger partial charge in [-0.2, -0.15) is 5.26 Å². The Hall–Kier alpha value is -2.73. The summed E-state index contributed by atoms with van der Waals surface area (Å²) in [7, 11) is 0. The molecule has 2 nitrogen and oxygen atoms in total. The molecule has 0 bridgehead atoms. The average molecular weight is 421 g/mol. The third-order valence-electron chi connectivity index (χ3n) is 5.22. The van der Waals surface area contributed by atoms with Crippen molar-refractivity contribution in [3.8, 4) is 6.07 Å². The molecule has 0 radical (unpaired) electrons. The Kier molecular flexibility index (Phi) is 10.9. The number of benzene rings is 1. The molecule has 0 saturated carbocycles. The van der Waals surface area contributed by atoms with Crippen molar-refractivity contribution in [2.75, 3.05) is 0 Å². The number of nitrogens with zero attached hydrogens (tertiary/aromatic N) is 2. The predicted octanol–water partition coefficient (Wildman–Crippen LogP) is 8.31. The minimum atomic E-state index is -0.251. The molecule has 1 aromatic rings. The molecule has 0 spiro atoms. The molecule has 2 atom stereocenters. The maximum Gasteiger partial charge on any atom is 0.123 e. The van der Waals surface area contributed by atoms with E-state index in [0.29, 0.717) is 0 Å². The fraction of sp³-hybridized carbons (Fsp3) is 0.429. The topological polar surface area (TPSA) is 36.1 Å². The Bertz CT molecular complexity index is 892. The Balaban J connectivity index is 3.41. The van der Waals surface area contributed by atoms with Crippen molar-refractivity contribution in [2.45, 2.75) is 60.8 Å². The first-order valence-corrected chi connectivity index (χ1v) is 11.0. The summed E-state index contributed by atoms with van der Waals surface area (Å²) in [5, 5.41) is 9.46. The second-order valence-corrected chi connectivity index (χ2v) is 8.68. The van der Waals surface area contributed by atoms with Crippen molar-refractivity contribution < 1.29 is 4.39 Å². The molecule has 31 heavy (non-hydrogen) atoms. The average Bonchev–Trinajstić information content (AvgIpc) is 2.72. The highest BCUT2D eigenvalue weighted by molar-refractivity contribution is 6.09. The fourth-order valence-electron chi connectivity index (χ4n) is 3.40. The van der Waals surface area contributed by atoms with Crippen molar-refractivity contribution >= 4 is 11.3 Å². The molecule has 1 rings (SSSR count). The van der Waals surface area contributed by atoms with Crippen LogP contribution in [0.2, 0.25) is 0 Å². The quantitative estimate of drug-likeness (QED) is 0.201. The summed E-state index contributed by atoms with van der Waals surface area (Å²) in [4.78, 5) is 4.83. The molecule has 0 aliphatic heterocycles. The largest absolute Gasteiger partial charge is 0.258 e. The number of halogens is 1. The van der Waals surface area contributed by atoms with Gasteiger partial charge in [0.2, 0.25) is 0 Å². The smallest absolute Gasteiger partial charge is 0.123 e. The molecule has 0 saturated heterocycles. The van der Waals surface area contributed by atoms with E-state index in [-0.39, 0.29) is 23.6 Å². The van der Waals surface area contributed by atoms with E-state index in [1.165, 1.54) is 12.1 Å². The standard InChI is InChI=1S/C28H37FN2/c1-9-22(7)31-28(20(4)5)27(23(8)25-11-13-26(29)14-12-25)15-10-21(6)17-24(18-30)16-19(2)3/h10-15,20-21,24H,2,7,9,16-17H2,1,3-6,8H3/b15-10+,27-23+,31-28?. The highest BCUT2D eigenvalue weighted by Gasteiger charge is 2.16. The van der Waals surface area contributed by atoms with Gasteiger partial charge >= 0.3 is 0 Å². The van der Waals surface area contributed by atoms with Crippen molar-refractivity contribution in [3.05, 3.63) is 77.8 Å². The van der Waals surface area contributed by atoms with Crippen LogP contribution in [0.25, 0.3) is 5.57 Å². The lowest BCUT2D eigenvalue weighted by Crippen LogP contribution is -2.12. The monoisotopic (exact) mass is 420 g/mol. The fourth-order valence-corrected chi connectivity index (χ4v) is 3.40. The van der Waals surface area contributed by atoms with Gasteiger partial charge in [0.15, 0.2) is 0 Å². The molecule has 1 aromatic carbocycles. The molecule has 0 fully saturated rings. The SMILES string of the molecule is C=C(C)CC(C#N)CC(C)/C=C/C(C(=NC(=C)CC)C(C)C)=C(/C)c1ccc(F)cc1. The van der Waals surface area contributed by atoms with Gasteiger partial charge in [0.05, 0.1) is 17.7 Å². The first kappa shape index (κ1) is 26.3. The van der Waals surface area contributed by atoms with E-state index in [2.05, 4.69) is 52.2 Å². The van der Waals surface area contributed by atoms with Crippen LogP contribution in [0.3, 0.4) is 0 Å². The molecular formula is C28H37FN2. The zero-order valence-electron chi connectivity index (χ0n) is 20.0. The van der Waals surface area contributed by atoms with Crippen molar-refractivity contribution in [1.29, 1.82) is 5.26 Å². The van der Waals surface area contributed by atoms with Crippen molar-refractivity contribution in [2.24, 2.45) is 22.7 Å². The van der Waals surface area contributed by atoms with Crippen LogP contribution in [-0.4, -0.2) is 5.71 Å². The molecule has 166 valence electrons. The Morgan fingerprint density at radius 1 is 1.16 bits per heavy atom. The second-order valence-electron chi connectivity index (χ2n) is 8.68. The van der Waals surface area contributed by atoms with Gasteiger partial charge in [0.1, 0.15) is 5.82 Å². The van der Waals surface area contributed by atoms with E-state index < -0.39 is 0 Å².